The highest BCUT2D eigenvalue weighted by atomic mass is 15.1. The zero-order valence-electron chi connectivity index (χ0n) is 38.7. The van der Waals surface area contributed by atoms with Crippen LogP contribution in [0.25, 0.3) is 115 Å². The predicted molar refractivity (Wildman–Crippen MR) is 283 cm³/mol. The van der Waals surface area contributed by atoms with Crippen LogP contribution in [0.3, 0.4) is 0 Å². The van der Waals surface area contributed by atoms with Crippen LogP contribution >= 0.6 is 0 Å². The number of hydrogen-bond acceptors (Lipinski definition) is 1. The van der Waals surface area contributed by atoms with Crippen LogP contribution in [0.1, 0.15) is 38.9 Å². The van der Waals surface area contributed by atoms with Crippen molar-refractivity contribution < 1.29 is 0 Å². The van der Waals surface area contributed by atoms with Gasteiger partial charge in [-0.25, -0.2) is 4.85 Å². The van der Waals surface area contributed by atoms with Crippen LogP contribution in [-0.4, -0.2) is 18.3 Å². The zero-order valence-corrected chi connectivity index (χ0v) is 38.7. The summed E-state index contributed by atoms with van der Waals surface area (Å²) in [5.74, 6) is 0. The van der Waals surface area contributed by atoms with Crippen molar-refractivity contribution in [1.82, 2.24) is 18.3 Å². The third kappa shape index (κ3) is 5.37. The molecular formula is C62H44N6. The van der Waals surface area contributed by atoms with Crippen LogP contribution in [0.5, 0.6) is 0 Å². The lowest BCUT2D eigenvalue weighted by atomic mass is 10.0. The van der Waals surface area contributed by atoms with Gasteiger partial charge in [-0.05, 0) is 126 Å². The largest absolute Gasteiger partial charge is 0.318 e. The first-order valence-corrected chi connectivity index (χ1v) is 23.2. The Labute approximate surface area is 393 Å². The number of aromatic nitrogens is 4. The van der Waals surface area contributed by atoms with E-state index in [4.69, 9.17) is 4.85 Å². The van der Waals surface area contributed by atoms with E-state index in [2.05, 4.69) is 224 Å². The molecule has 13 aromatic rings. The number of aryl methyl sites for hydroxylation is 6. The summed E-state index contributed by atoms with van der Waals surface area (Å²) in [4.78, 5) is 4.72. The molecular weight excluding hydrogens is 829 g/mol. The highest BCUT2D eigenvalue weighted by Gasteiger charge is 2.34. The van der Waals surface area contributed by atoms with E-state index >= 15 is 0 Å². The standard InChI is InChI=1S/C62H44N6/c1-35-16-22-52-43(28-35)41-12-8-10-14-50(41)66(52)60-49(34-63)59(65-54-24-18-37(3)30-45(54)46-31-38(4)19-25-55(46)65)58(64-7)61(67-51-15-11-9-13-42(51)44-29-36(2)17-23-53(44)67)62(60)68-56-26-20-39(5)32-47(56)48-33-40(6)21-27-57(48)68/h8-33H,1-6H3. The molecule has 0 spiro atoms. The molecule has 68 heavy (non-hydrogen) atoms. The van der Waals surface area contributed by atoms with Gasteiger partial charge in [-0.3, -0.25) is 0 Å². The van der Waals surface area contributed by atoms with Crippen LogP contribution in [0, 0.1) is 59.4 Å². The molecule has 9 aromatic carbocycles. The van der Waals surface area contributed by atoms with Gasteiger partial charge < -0.3 is 18.3 Å². The van der Waals surface area contributed by atoms with Gasteiger partial charge in [0.05, 0.1) is 79.0 Å². The van der Waals surface area contributed by atoms with Crippen molar-refractivity contribution in [2.24, 2.45) is 0 Å². The summed E-state index contributed by atoms with van der Waals surface area (Å²) in [6.07, 6.45) is 0. The number of fused-ring (bicyclic) bond motifs is 12. The summed E-state index contributed by atoms with van der Waals surface area (Å²) < 4.78 is 9.21. The van der Waals surface area contributed by atoms with Crippen LogP contribution in [0.15, 0.2) is 158 Å². The molecule has 13 rings (SSSR count). The van der Waals surface area contributed by atoms with Crippen LogP contribution in [0.2, 0.25) is 0 Å². The van der Waals surface area contributed by atoms with Crippen LogP contribution in [0.4, 0.5) is 5.69 Å². The molecule has 4 aromatic heterocycles. The molecule has 0 radical (unpaired) electrons. The van der Waals surface area contributed by atoms with Gasteiger partial charge in [-0.2, -0.15) is 5.26 Å². The Morgan fingerprint density at radius 3 is 0.956 bits per heavy atom. The highest BCUT2D eigenvalue weighted by Crippen LogP contribution is 2.52. The second-order valence-corrected chi connectivity index (χ2v) is 18.8. The fraction of sp³-hybridized carbons (Fsp3) is 0.0968. The number of rotatable bonds is 4. The molecule has 6 heteroatoms. The second kappa shape index (κ2) is 14.3. The predicted octanol–water partition coefficient (Wildman–Crippen LogP) is 16.3. The summed E-state index contributed by atoms with van der Waals surface area (Å²) in [6, 6.07) is 59.6. The Morgan fingerprint density at radius 2 is 0.618 bits per heavy atom. The minimum atomic E-state index is 0.384. The van der Waals surface area contributed by atoms with E-state index in [0.717, 1.165) is 126 Å². The summed E-state index contributed by atoms with van der Waals surface area (Å²) in [7, 11) is 0. The number of para-hydroxylation sites is 2. The Kier molecular flexibility index (Phi) is 8.33. The molecule has 0 amide bonds. The Balaban J connectivity index is 1.40. The summed E-state index contributed by atoms with van der Waals surface area (Å²) >= 11 is 0. The van der Waals surface area contributed by atoms with Gasteiger partial charge in [-0.1, -0.05) is 106 Å². The molecule has 0 bridgehead atoms. The highest BCUT2D eigenvalue weighted by molar-refractivity contribution is 6.17. The summed E-state index contributed by atoms with van der Waals surface area (Å²) in [5, 5.41) is 21.1. The van der Waals surface area contributed by atoms with E-state index < -0.39 is 0 Å². The topological polar surface area (TPSA) is 47.9 Å². The number of hydrogen-bond donors (Lipinski definition) is 0. The first-order chi connectivity index (χ1) is 33.1. The van der Waals surface area contributed by atoms with Crippen molar-refractivity contribution in [3.63, 3.8) is 0 Å². The van der Waals surface area contributed by atoms with Gasteiger partial charge in [0.1, 0.15) is 6.07 Å². The van der Waals surface area contributed by atoms with Gasteiger partial charge in [0.2, 0.25) is 5.69 Å². The SMILES string of the molecule is [C-]#[N+]c1c(-n2c3ccc(C)cc3c3cc(C)ccc32)c(C#N)c(-n2c3ccccc3c3cc(C)ccc32)c(-n2c3ccc(C)cc3c3cc(C)ccc32)c1-n1c2ccccc2c2cc(C)ccc21. The van der Waals surface area contributed by atoms with Crippen molar-refractivity contribution in [3.8, 4) is 28.8 Å². The Bertz CT molecular complexity index is 4190. The molecule has 0 atom stereocenters. The maximum absolute atomic E-state index is 12.4. The minimum absolute atomic E-state index is 0.384. The van der Waals surface area contributed by atoms with E-state index in [9.17, 15) is 11.8 Å². The van der Waals surface area contributed by atoms with E-state index in [1.165, 1.54) is 0 Å². The molecule has 0 unspecified atom stereocenters. The van der Waals surface area contributed by atoms with Gasteiger partial charge in [0.25, 0.3) is 0 Å². The van der Waals surface area contributed by atoms with Crippen molar-refractivity contribution in [1.29, 1.82) is 5.26 Å². The molecule has 0 fully saturated rings. The molecule has 0 aliphatic carbocycles. The Morgan fingerprint density at radius 1 is 0.338 bits per heavy atom. The maximum atomic E-state index is 12.4. The Hall–Kier alpha value is -8.84. The van der Waals surface area contributed by atoms with Gasteiger partial charge in [0.15, 0.2) is 0 Å². The van der Waals surface area contributed by atoms with Crippen molar-refractivity contribution >= 4 is 92.9 Å². The second-order valence-electron chi connectivity index (χ2n) is 18.8. The molecule has 322 valence electrons. The summed E-state index contributed by atoms with van der Waals surface area (Å²) in [5.41, 5.74) is 18.1. The molecule has 0 aliphatic heterocycles. The van der Waals surface area contributed by atoms with Crippen LogP contribution < -0.4 is 0 Å². The molecule has 0 N–H and O–H groups in total. The molecule has 0 saturated carbocycles. The average Bonchev–Trinajstić information content (AvgIpc) is 4.04. The third-order valence-electron chi connectivity index (χ3n) is 14.3. The van der Waals surface area contributed by atoms with Crippen molar-refractivity contribution in [3.05, 3.63) is 208 Å². The lowest BCUT2D eigenvalue weighted by Crippen LogP contribution is -2.14. The number of nitriles is 1. The summed E-state index contributed by atoms with van der Waals surface area (Å²) in [6.45, 7) is 22.4. The van der Waals surface area contributed by atoms with E-state index in [1.54, 1.807) is 0 Å². The smallest absolute Gasteiger partial charge is 0.237 e. The van der Waals surface area contributed by atoms with Crippen LogP contribution in [-0.2, 0) is 0 Å². The van der Waals surface area contributed by atoms with Crippen molar-refractivity contribution in [2.45, 2.75) is 41.5 Å². The molecule has 0 aliphatic rings. The fourth-order valence-electron chi connectivity index (χ4n) is 11.4. The number of benzene rings is 9. The van der Waals surface area contributed by atoms with E-state index in [0.29, 0.717) is 28.3 Å². The van der Waals surface area contributed by atoms with Gasteiger partial charge in [-0.15, -0.1) is 0 Å². The van der Waals surface area contributed by atoms with Crippen molar-refractivity contribution in [2.75, 3.05) is 0 Å². The first-order valence-electron chi connectivity index (χ1n) is 23.2. The quantitative estimate of drug-likeness (QED) is 0.163. The third-order valence-corrected chi connectivity index (χ3v) is 14.3. The normalized spacial score (nSPS) is 11.9. The molecule has 6 nitrogen and oxygen atoms in total. The first kappa shape index (κ1) is 39.5. The minimum Gasteiger partial charge on any atom is -0.318 e. The van der Waals surface area contributed by atoms with Gasteiger partial charge >= 0.3 is 0 Å². The number of nitrogens with zero attached hydrogens (tertiary/aromatic N) is 6. The van der Waals surface area contributed by atoms with E-state index in [-0.39, 0.29) is 0 Å². The lowest BCUT2D eigenvalue weighted by Gasteiger charge is -2.27. The van der Waals surface area contributed by atoms with Gasteiger partial charge in [0, 0.05) is 43.1 Å². The maximum Gasteiger partial charge on any atom is 0.237 e. The monoisotopic (exact) mass is 872 g/mol. The fourth-order valence-corrected chi connectivity index (χ4v) is 11.4. The zero-order chi connectivity index (χ0) is 46.3. The lowest BCUT2D eigenvalue weighted by molar-refractivity contribution is 1.03. The molecule has 0 saturated heterocycles. The molecule has 4 heterocycles. The average molecular weight is 873 g/mol. The van der Waals surface area contributed by atoms with E-state index in [1.807, 2.05) is 0 Å².